The first-order chi connectivity index (χ1) is 9.30. The van der Waals surface area contributed by atoms with Crippen LogP contribution in [0.3, 0.4) is 0 Å². The van der Waals surface area contributed by atoms with Gasteiger partial charge in [0.1, 0.15) is 16.8 Å². The molecule has 1 aliphatic heterocycles. The monoisotopic (exact) mass is 297 g/mol. The zero-order chi connectivity index (χ0) is 14.9. The third kappa shape index (κ3) is 3.41. The van der Waals surface area contributed by atoms with Crippen LogP contribution in [-0.4, -0.2) is 33.8 Å². The summed E-state index contributed by atoms with van der Waals surface area (Å²) in [5.41, 5.74) is 0.359. The summed E-state index contributed by atoms with van der Waals surface area (Å²) in [5, 5.41) is 10.7. The highest BCUT2D eigenvalue weighted by molar-refractivity contribution is 6.30. The van der Waals surface area contributed by atoms with Gasteiger partial charge < -0.3 is 10.0 Å². The molecule has 2 rings (SSSR count). The molecule has 0 aliphatic carbocycles. The van der Waals surface area contributed by atoms with E-state index in [1.807, 2.05) is 13.8 Å². The van der Waals surface area contributed by atoms with Crippen LogP contribution in [0.15, 0.2) is 0 Å². The number of aliphatic hydroxyl groups is 1. The van der Waals surface area contributed by atoms with Crippen LogP contribution in [-0.2, 0) is 0 Å². The lowest BCUT2D eigenvalue weighted by Gasteiger charge is -2.25. The second kappa shape index (κ2) is 5.86. The fourth-order valence-corrected chi connectivity index (χ4v) is 2.71. The molecule has 0 saturated carbocycles. The van der Waals surface area contributed by atoms with Crippen molar-refractivity contribution in [1.29, 1.82) is 0 Å². The van der Waals surface area contributed by atoms with Crippen molar-refractivity contribution in [3.8, 4) is 0 Å². The molecule has 1 N–H and O–H groups in total. The first-order valence-corrected chi connectivity index (χ1v) is 7.69. The summed E-state index contributed by atoms with van der Waals surface area (Å²) >= 11 is 6.25. The predicted octanol–water partition coefficient (Wildman–Crippen LogP) is 3.30. The molecule has 1 aliphatic rings. The second-order valence-electron chi connectivity index (χ2n) is 6.31. The maximum absolute atomic E-state index is 10.2. The molecule has 1 saturated heterocycles. The number of hydrogen-bond donors (Lipinski definition) is 1. The standard InChI is InChI=1S/C15H24ClN3O/c1-10(2)13-17-12(16)11(3)14(18-13)19-8-5-6-15(4,20)7-9-19/h10,20H,5-9H2,1-4H3. The van der Waals surface area contributed by atoms with Crippen molar-refractivity contribution in [2.75, 3.05) is 18.0 Å². The number of halogens is 1. The van der Waals surface area contributed by atoms with Crippen LogP contribution in [0.4, 0.5) is 5.82 Å². The molecular formula is C15H24ClN3O. The molecule has 20 heavy (non-hydrogen) atoms. The maximum atomic E-state index is 10.2. The van der Waals surface area contributed by atoms with Crippen molar-refractivity contribution in [3.05, 3.63) is 16.5 Å². The molecule has 5 heteroatoms. The molecule has 0 spiro atoms. The summed E-state index contributed by atoms with van der Waals surface area (Å²) in [6.07, 6.45) is 2.55. The topological polar surface area (TPSA) is 49.2 Å². The molecule has 112 valence electrons. The van der Waals surface area contributed by atoms with Gasteiger partial charge in [-0.05, 0) is 33.1 Å². The Morgan fingerprint density at radius 3 is 2.60 bits per heavy atom. The Labute approximate surface area is 126 Å². The molecule has 0 aromatic carbocycles. The Kier molecular flexibility index (Phi) is 4.55. The van der Waals surface area contributed by atoms with E-state index in [0.717, 1.165) is 49.6 Å². The van der Waals surface area contributed by atoms with Gasteiger partial charge in [-0.3, -0.25) is 0 Å². The van der Waals surface area contributed by atoms with Crippen LogP contribution in [0.2, 0.25) is 5.15 Å². The largest absolute Gasteiger partial charge is 0.390 e. The quantitative estimate of drug-likeness (QED) is 0.851. The first-order valence-electron chi connectivity index (χ1n) is 7.31. The van der Waals surface area contributed by atoms with Gasteiger partial charge in [-0.25, -0.2) is 9.97 Å². The van der Waals surface area contributed by atoms with Crippen LogP contribution >= 0.6 is 11.6 Å². The van der Waals surface area contributed by atoms with E-state index < -0.39 is 5.60 Å². The molecule has 0 amide bonds. The summed E-state index contributed by atoms with van der Waals surface area (Å²) in [7, 11) is 0. The maximum Gasteiger partial charge on any atom is 0.137 e. The van der Waals surface area contributed by atoms with Gasteiger partial charge in [-0.1, -0.05) is 25.4 Å². The molecule has 1 aromatic heterocycles. The Morgan fingerprint density at radius 1 is 1.25 bits per heavy atom. The lowest BCUT2D eigenvalue weighted by molar-refractivity contribution is 0.0481. The number of anilines is 1. The van der Waals surface area contributed by atoms with Gasteiger partial charge in [0, 0.05) is 24.6 Å². The third-order valence-electron chi connectivity index (χ3n) is 3.96. The van der Waals surface area contributed by atoms with Gasteiger partial charge >= 0.3 is 0 Å². The zero-order valence-electron chi connectivity index (χ0n) is 12.8. The zero-order valence-corrected chi connectivity index (χ0v) is 13.5. The van der Waals surface area contributed by atoms with Crippen molar-refractivity contribution in [2.24, 2.45) is 0 Å². The summed E-state index contributed by atoms with van der Waals surface area (Å²) in [6, 6.07) is 0. The van der Waals surface area contributed by atoms with E-state index in [1.54, 1.807) is 0 Å². The number of aromatic nitrogens is 2. The molecule has 0 bridgehead atoms. The van der Waals surface area contributed by atoms with Gasteiger partial charge in [0.25, 0.3) is 0 Å². The van der Waals surface area contributed by atoms with Crippen molar-refractivity contribution >= 4 is 17.4 Å². The van der Waals surface area contributed by atoms with E-state index in [2.05, 4.69) is 23.7 Å². The Bertz CT molecular complexity index is 488. The molecule has 1 fully saturated rings. The second-order valence-corrected chi connectivity index (χ2v) is 6.67. The van der Waals surface area contributed by atoms with Crippen molar-refractivity contribution in [3.63, 3.8) is 0 Å². The average molecular weight is 298 g/mol. The summed E-state index contributed by atoms with van der Waals surface area (Å²) in [5.74, 6) is 1.96. The molecule has 1 unspecified atom stereocenters. The lowest BCUT2D eigenvalue weighted by Crippen LogP contribution is -2.29. The summed E-state index contributed by atoms with van der Waals surface area (Å²) < 4.78 is 0. The third-order valence-corrected chi connectivity index (χ3v) is 4.33. The average Bonchev–Trinajstić information content (AvgIpc) is 2.53. The highest BCUT2D eigenvalue weighted by atomic mass is 35.5. The summed E-state index contributed by atoms with van der Waals surface area (Å²) in [4.78, 5) is 11.3. The van der Waals surface area contributed by atoms with E-state index in [4.69, 9.17) is 16.6 Å². The fourth-order valence-electron chi connectivity index (χ4n) is 2.54. The van der Waals surface area contributed by atoms with Gasteiger partial charge in [0.05, 0.1) is 5.60 Å². The van der Waals surface area contributed by atoms with Crippen molar-refractivity contribution in [2.45, 2.75) is 58.5 Å². The van der Waals surface area contributed by atoms with Gasteiger partial charge in [-0.2, -0.15) is 0 Å². The van der Waals surface area contributed by atoms with E-state index in [0.29, 0.717) is 5.15 Å². The van der Waals surface area contributed by atoms with Gasteiger partial charge in [-0.15, -0.1) is 0 Å². The SMILES string of the molecule is Cc1c(Cl)nc(C(C)C)nc1N1CCCC(C)(O)CC1. The van der Waals surface area contributed by atoms with Crippen LogP contribution in [0.25, 0.3) is 0 Å². The van der Waals surface area contributed by atoms with Gasteiger partial charge in [0.2, 0.25) is 0 Å². The number of nitrogens with zero attached hydrogens (tertiary/aromatic N) is 3. The normalized spacial score (nSPS) is 24.1. The Hall–Kier alpha value is -0.870. The van der Waals surface area contributed by atoms with E-state index in [1.165, 1.54) is 0 Å². The van der Waals surface area contributed by atoms with Crippen LogP contribution in [0, 0.1) is 6.92 Å². The Morgan fingerprint density at radius 2 is 1.95 bits per heavy atom. The highest BCUT2D eigenvalue weighted by Crippen LogP contribution is 2.29. The van der Waals surface area contributed by atoms with E-state index in [9.17, 15) is 5.11 Å². The minimum absolute atomic E-state index is 0.252. The smallest absolute Gasteiger partial charge is 0.137 e. The van der Waals surface area contributed by atoms with Crippen LogP contribution in [0.5, 0.6) is 0 Å². The molecule has 1 aromatic rings. The molecule has 2 heterocycles. The van der Waals surface area contributed by atoms with Crippen LogP contribution < -0.4 is 4.90 Å². The number of hydrogen-bond acceptors (Lipinski definition) is 4. The van der Waals surface area contributed by atoms with E-state index >= 15 is 0 Å². The molecular weight excluding hydrogens is 274 g/mol. The molecule has 1 atom stereocenters. The van der Waals surface area contributed by atoms with E-state index in [-0.39, 0.29) is 5.92 Å². The van der Waals surface area contributed by atoms with Gasteiger partial charge in [0.15, 0.2) is 0 Å². The fraction of sp³-hybridized carbons (Fsp3) is 0.733. The lowest BCUT2D eigenvalue weighted by atomic mass is 9.98. The van der Waals surface area contributed by atoms with Crippen LogP contribution in [0.1, 0.15) is 57.3 Å². The molecule has 4 nitrogen and oxygen atoms in total. The first kappa shape index (κ1) is 15.5. The highest BCUT2D eigenvalue weighted by Gasteiger charge is 2.27. The summed E-state index contributed by atoms with van der Waals surface area (Å²) in [6.45, 7) is 9.72. The Balaban J connectivity index is 2.32. The number of rotatable bonds is 2. The predicted molar refractivity (Wildman–Crippen MR) is 82.6 cm³/mol. The van der Waals surface area contributed by atoms with Crippen molar-refractivity contribution in [1.82, 2.24) is 9.97 Å². The van der Waals surface area contributed by atoms with Crippen molar-refractivity contribution < 1.29 is 5.11 Å². The molecule has 0 radical (unpaired) electrons. The minimum Gasteiger partial charge on any atom is -0.390 e. The minimum atomic E-state index is -0.569.